The van der Waals surface area contributed by atoms with Gasteiger partial charge in [0.25, 0.3) is 0 Å². The first-order valence-corrected chi connectivity index (χ1v) is 4.15. The van der Waals surface area contributed by atoms with E-state index in [2.05, 4.69) is 25.7 Å². The van der Waals surface area contributed by atoms with Crippen molar-refractivity contribution in [3.8, 4) is 0 Å². The maximum Gasteiger partial charge on any atom is 0.0277 e. The monoisotopic (exact) mass is 139 g/mol. The van der Waals surface area contributed by atoms with Crippen LogP contribution in [0.1, 0.15) is 33.1 Å². The minimum atomic E-state index is 0.602. The van der Waals surface area contributed by atoms with E-state index in [9.17, 15) is 0 Å². The molecule has 2 atom stereocenters. The van der Waals surface area contributed by atoms with E-state index in [1.54, 1.807) is 0 Å². The molecular weight excluding hydrogens is 122 g/mol. The van der Waals surface area contributed by atoms with Crippen LogP contribution in [0.2, 0.25) is 0 Å². The van der Waals surface area contributed by atoms with Gasteiger partial charge in [0.15, 0.2) is 0 Å². The highest BCUT2D eigenvalue weighted by molar-refractivity contribution is 5.05. The van der Waals surface area contributed by atoms with Crippen LogP contribution in [0.5, 0.6) is 0 Å². The quantitative estimate of drug-likeness (QED) is 0.578. The summed E-state index contributed by atoms with van der Waals surface area (Å²) < 4.78 is 0. The molecule has 0 aliphatic carbocycles. The highest BCUT2D eigenvalue weighted by Crippen LogP contribution is 2.18. The normalized spacial score (nSPS) is 32.6. The molecule has 1 heterocycles. The predicted octanol–water partition coefficient (Wildman–Crippen LogP) is 2.09. The van der Waals surface area contributed by atoms with Crippen LogP contribution in [0.3, 0.4) is 0 Å². The lowest BCUT2D eigenvalue weighted by atomic mass is 10.1. The third-order valence-electron chi connectivity index (χ3n) is 2.33. The van der Waals surface area contributed by atoms with Crippen molar-refractivity contribution in [2.24, 2.45) is 0 Å². The molecule has 1 aliphatic heterocycles. The van der Waals surface area contributed by atoms with Crippen LogP contribution in [0, 0.1) is 0 Å². The lowest BCUT2D eigenvalue weighted by molar-refractivity contribution is 0.557. The zero-order chi connectivity index (χ0) is 7.56. The fourth-order valence-corrected chi connectivity index (χ4v) is 1.53. The summed E-state index contributed by atoms with van der Waals surface area (Å²) in [6, 6.07) is 1.35. The molecular formula is C9H17N. The first-order valence-electron chi connectivity index (χ1n) is 4.15. The van der Waals surface area contributed by atoms with Gasteiger partial charge in [-0.1, -0.05) is 19.1 Å². The highest BCUT2D eigenvalue weighted by Gasteiger charge is 2.21. The first kappa shape index (κ1) is 7.80. The molecule has 0 aromatic heterocycles. The molecule has 0 bridgehead atoms. The third-order valence-corrected chi connectivity index (χ3v) is 2.33. The number of hydrogen-bond acceptors (Lipinski definition) is 1. The molecule has 1 N–H and O–H groups in total. The van der Waals surface area contributed by atoms with E-state index in [0.717, 1.165) is 6.04 Å². The molecule has 2 unspecified atom stereocenters. The second-order valence-electron chi connectivity index (χ2n) is 3.25. The Labute approximate surface area is 63.5 Å². The summed E-state index contributed by atoms with van der Waals surface area (Å²) in [5.41, 5.74) is 1.29. The van der Waals surface area contributed by atoms with Crippen molar-refractivity contribution < 1.29 is 0 Å². The smallest absolute Gasteiger partial charge is 0.0277 e. The second-order valence-corrected chi connectivity index (χ2v) is 3.25. The van der Waals surface area contributed by atoms with Crippen LogP contribution in [0.4, 0.5) is 0 Å². The van der Waals surface area contributed by atoms with Crippen LogP contribution in [0.15, 0.2) is 12.2 Å². The molecule has 1 aliphatic rings. The van der Waals surface area contributed by atoms with E-state index in [0.29, 0.717) is 6.04 Å². The standard InChI is InChI=1S/C9H17N/c1-4-8-5-6-9(10-8)7(2)3/h8-10H,2,4-6H2,1,3H3. The first-order chi connectivity index (χ1) is 4.74. The summed E-state index contributed by atoms with van der Waals surface area (Å²) in [5, 5.41) is 3.54. The van der Waals surface area contributed by atoms with E-state index in [1.807, 2.05) is 0 Å². The molecule has 0 aromatic rings. The van der Waals surface area contributed by atoms with Gasteiger partial charge in [-0.05, 0) is 26.2 Å². The van der Waals surface area contributed by atoms with Crippen molar-refractivity contribution >= 4 is 0 Å². The SMILES string of the molecule is C=C(C)C1CCC(CC)N1. The van der Waals surface area contributed by atoms with Gasteiger partial charge in [-0.25, -0.2) is 0 Å². The Morgan fingerprint density at radius 2 is 2.30 bits per heavy atom. The molecule has 1 fully saturated rings. The van der Waals surface area contributed by atoms with Gasteiger partial charge in [0.05, 0.1) is 0 Å². The summed E-state index contributed by atoms with van der Waals surface area (Å²) >= 11 is 0. The van der Waals surface area contributed by atoms with Gasteiger partial charge in [0.2, 0.25) is 0 Å². The molecule has 0 spiro atoms. The molecule has 0 radical (unpaired) electrons. The van der Waals surface area contributed by atoms with Crippen molar-refractivity contribution in [1.29, 1.82) is 0 Å². The largest absolute Gasteiger partial charge is 0.308 e. The molecule has 10 heavy (non-hydrogen) atoms. The van der Waals surface area contributed by atoms with Crippen LogP contribution in [0.25, 0.3) is 0 Å². The average molecular weight is 139 g/mol. The number of rotatable bonds is 2. The molecule has 0 saturated carbocycles. The number of hydrogen-bond donors (Lipinski definition) is 1. The number of nitrogens with one attached hydrogen (secondary N) is 1. The minimum absolute atomic E-state index is 0.602. The summed E-state index contributed by atoms with van der Waals surface area (Å²) in [5.74, 6) is 0. The van der Waals surface area contributed by atoms with Gasteiger partial charge in [0, 0.05) is 12.1 Å². The summed E-state index contributed by atoms with van der Waals surface area (Å²) in [7, 11) is 0. The maximum absolute atomic E-state index is 3.94. The van der Waals surface area contributed by atoms with Gasteiger partial charge in [-0.15, -0.1) is 0 Å². The maximum atomic E-state index is 3.94. The third kappa shape index (κ3) is 1.60. The van der Waals surface area contributed by atoms with Gasteiger partial charge in [-0.2, -0.15) is 0 Å². The van der Waals surface area contributed by atoms with Crippen LogP contribution < -0.4 is 5.32 Å². The molecule has 0 amide bonds. The molecule has 1 rings (SSSR count). The van der Waals surface area contributed by atoms with Crippen LogP contribution in [-0.2, 0) is 0 Å². The zero-order valence-electron chi connectivity index (χ0n) is 6.98. The van der Waals surface area contributed by atoms with E-state index >= 15 is 0 Å². The van der Waals surface area contributed by atoms with Gasteiger partial charge < -0.3 is 5.32 Å². The van der Waals surface area contributed by atoms with Crippen LogP contribution in [-0.4, -0.2) is 12.1 Å². The van der Waals surface area contributed by atoms with Crippen molar-refractivity contribution in [2.75, 3.05) is 0 Å². The summed E-state index contributed by atoms with van der Waals surface area (Å²) in [6.45, 7) is 8.28. The van der Waals surface area contributed by atoms with Crippen molar-refractivity contribution in [2.45, 2.75) is 45.2 Å². The average Bonchev–Trinajstić information content (AvgIpc) is 2.34. The Balaban J connectivity index is 2.35. The Morgan fingerprint density at radius 3 is 2.60 bits per heavy atom. The van der Waals surface area contributed by atoms with Gasteiger partial charge in [0.1, 0.15) is 0 Å². The van der Waals surface area contributed by atoms with Crippen molar-refractivity contribution in [3.63, 3.8) is 0 Å². The fraction of sp³-hybridized carbons (Fsp3) is 0.778. The molecule has 0 aromatic carbocycles. The van der Waals surface area contributed by atoms with E-state index in [4.69, 9.17) is 0 Å². The van der Waals surface area contributed by atoms with E-state index in [-0.39, 0.29) is 0 Å². The van der Waals surface area contributed by atoms with Crippen molar-refractivity contribution in [3.05, 3.63) is 12.2 Å². The van der Waals surface area contributed by atoms with Gasteiger partial charge in [-0.3, -0.25) is 0 Å². The summed E-state index contributed by atoms with van der Waals surface area (Å²) in [6.07, 6.45) is 3.87. The van der Waals surface area contributed by atoms with Crippen LogP contribution >= 0.6 is 0 Å². The van der Waals surface area contributed by atoms with Gasteiger partial charge >= 0.3 is 0 Å². The second kappa shape index (κ2) is 3.20. The lowest BCUT2D eigenvalue weighted by Crippen LogP contribution is -2.29. The Morgan fingerprint density at radius 1 is 1.60 bits per heavy atom. The van der Waals surface area contributed by atoms with E-state index in [1.165, 1.54) is 24.8 Å². The van der Waals surface area contributed by atoms with Crippen molar-refractivity contribution in [1.82, 2.24) is 5.32 Å². The Bertz CT molecular complexity index is 129. The Hall–Kier alpha value is -0.300. The molecule has 1 heteroatoms. The fourth-order valence-electron chi connectivity index (χ4n) is 1.53. The Kier molecular flexibility index (Phi) is 2.50. The highest BCUT2D eigenvalue weighted by atomic mass is 15.0. The molecule has 1 saturated heterocycles. The topological polar surface area (TPSA) is 12.0 Å². The molecule has 58 valence electrons. The zero-order valence-corrected chi connectivity index (χ0v) is 6.98. The molecule has 1 nitrogen and oxygen atoms in total. The predicted molar refractivity (Wildman–Crippen MR) is 45.1 cm³/mol. The summed E-state index contributed by atoms with van der Waals surface area (Å²) in [4.78, 5) is 0. The minimum Gasteiger partial charge on any atom is -0.308 e. The van der Waals surface area contributed by atoms with E-state index < -0.39 is 0 Å². The lowest BCUT2D eigenvalue weighted by Gasteiger charge is -2.11.